The van der Waals surface area contributed by atoms with Crippen LogP contribution in [-0.2, 0) is 9.53 Å². The fourth-order valence-electron chi connectivity index (χ4n) is 4.25. The van der Waals surface area contributed by atoms with Gasteiger partial charge in [-0.1, -0.05) is 56.1 Å². The van der Waals surface area contributed by atoms with Crippen molar-refractivity contribution in [3.05, 3.63) is 17.2 Å². The molecular weight excluding hydrogens is 412 g/mol. The van der Waals surface area contributed by atoms with Crippen molar-refractivity contribution in [3.8, 4) is 0 Å². The van der Waals surface area contributed by atoms with Gasteiger partial charge in [-0.05, 0) is 39.0 Å². The third-order valence-electron chi connectivity index (χ3n) is 6.04. The summed E-state index contributed by atoms with van der Waals surface area (Å²) in [6.07, 6.45) is 14.0. The first-order valence-electron chi connectivity index (χ1n) is 11.9. The second-order valence-corrected chi connectivity index (χ2v) is 9.43. The smallest absolute Gasteiger partial charge is 0.329 e. The summed E-state index contributed by atoms with van der Waals surface area (Å²) in [6, 6.07) is -0.132. The molecule has 0 spiro atoms. The Bertz CT molecular complexity index is 745. The van der Waals surface area contributed by atoms with Crippen LogP contribution >= 0.6 is 11.3 Å². The first-order chi connectivity index (χ1) is 15.1. The summed E-state index contributed by atoms with van der Waals surface area (Å²) in [4.78, 5) is 29.2. The number of allylic oxidation sites excluding steroid dienone is 2. The number of urea groups is 1. The van der Waals surface area contributed by atoms with Crippen molar-refractivity contribution in [1.29, 1.82) is 0 Å². The van der Waals surface area contributed by atoms with E-state index in [9.17, 15) is 9.59 Å². The Hall–Kier alpha value is -1.96. The normalized spacial score (nSPS) is 20.2. The molecule has 31 heavy (non-hydrogen) atoms. The molecule has 0 bridgehead atoms. The second kappa shape index (κ2) is 12.2. The molecule has 2 fully saturated rings. The van der Waals surface area contributed by atoms with Crippen LogP contribution in [-0.4, -0.2) is 46.4 Å². The molecule has 1 saturated heterocycles. The van der Waals surface area contributed by atoms with Crippen LogP contribution in [0.4, 0.5) is 9.93 Å². The maximum absolute atomic E-state index is 13.4. The predicted octanol–water partition coefficient (Wildman–Crippen LogP) is 5.63. The monoisotopic (exact) mass is 448 g/mol. The molecule has 2 amide bonds. The van der Waals surface area contributed by atoms with Crippen LogP contribution in [0.3, 0.4) is 0 Å². The first-order valence-corrected chi connectivity index (χ1v) is 12.7. The van der Waals surface area contributed by atoms with Crippen LogP contribution in [0.1, 0.15) is 95.4 Å². The maximum atomic E-state index is 13.4. The summed E-state index contributed by atoms with van der Waals surface area (Å²) in [7, 11) is 0. The molecule has 8 heteroatoms. The van der Waals surface area contributed by atoms with Crippen LogP contribution in [0.15, 0.2) is 12.2 Å². The quantitative estimate of drug-likeness (QED) is 0.249. The van der Waals surface area contributed by atoms with Gasteiger partial charge in [0.05, 0.1) is 0 Å². The van der Waals surface area contributed by atoms with Gasteiger partial charge in [0.2, 0.25) is 5.13 Å². The summed E-state index contributed by atoms with van der Waals surface area (Å²) < 4.78 is 5.77. The lowest BCUT2D eigenvalue weighted by Gasteiger charge is -2.39. The van der Waals surface area contributed by atoms with Crippen molar-refractivity contribution in [3.63, 3.8) is 0 Å². The van der Waals surface area contributed by atoms with Crippen LogP contribution in [0.2, 0.25) is 0 Å². The van der Waals surface area contributed by atoms with Gasteiger partial charge in [0.1, 0.15) is 5.01 Å². The molecule has 7 nitrogen and oxygen atoms in total. The SMILES string of the molecule is C/C=C/CCCN1CCC(OC(=O)CCCCC)N(c2nnc(C3CCCC3)s2)C1=O. The molecule has 0 radical (unpaired) electrons. The molecule has 1 aromatic rings. The molecule has 3 rings (SSSR count). The van der Waals surface area contributed by atoms with E-state index in [1.807, 2.05) is 17.9 Å². The van der Waals surface area contributed by atoms with E-state index in [-0.39, 0.29) is 12.0 Å². The number of rotatable bonds is 11. The van der Waals surface area contributed by atoms with E-state index >= 15 is 0 Å². The van der Waals surface area contributed by atoms with Gasteiger partial charge in [-0.2, -0.15) is 0 Å². The van der Waals surface area contributed by atoms with Crippen molar-refractivity contribution in [2.75, 3.05) is 18.0 Å². The van der Waals surface area contributed by atoms with Gasteiger partial charge >= 0.3 is 12.0 Å². The Balaban J connectivity index is 1.71. The first kappa shape index (κ1) is 23.7. The van der Waals surface area contributed by atoms with E-state index in [1.54, 1.807) is 4.90 Å². The Kier molecular flexibility index (Phi) is 9.31. The molecule has 1 unspecified atom stereocenters. The van der Waals surface area contributed by atoms with Gasteiger partial charge < -0.3 is 9.64 Å². The highest BCUT2D eigenvalue weighted by Crippen LogP contribution is 2.38. The molecule has 0 N–H and O–H groups in total. The Labute approximate surface area is 189 Å². The van der Waals surface area contributed by atoms with Crippen molar-refractivity contribution >= 4 is 28.5 Å². The Morgan fingerprint density at radius 1 is 1.19 bits per heavy atom. The van der Waals surface area contributed by atoms with Gasteiger partial charge in [-0.3, -0.25) is 4.79 Å². The molecule has 2 heterocycles. The van der Waals surface area contributed by atoms with E-state index in [1.165, 1.54) is 24.2 Å². The number of nitrogens with zero attached hydrogens (tertiary/aromatic N) is 4. The lowest BCUT2D eigenvalue weighted by Crippen LogP contribution is -2.56. The fourth-order valence-corrected chi connectivity index (χ4v) is 5.30. The van der Waals surface area contributed by atoms with E-state index in [0.29, 0.717) is 37.0 Å². The molecule has 0 aromatic carbocycles. The summed E-state index contributed by atoms with van der Waals surface area (Å²) in [5.41, 5.74) is 0. The lowest BCUT2D eigenvalue weighted by molar-refractivity contribution is -0.149. The van der Waals surface area contributed by atoms with Crippen molar-refractivity contribution in [1.82, 2.24) is 15.1 Å². The third kappa shape index (κ3) is 6.51. The van der Waals surface area contributed by atoms with Crippen LogP contribution < -0.4 is 4.90 Å². The van der Waals surface area contributed by atoms with E-state index in [4.69, 9.17) is 4.74 Å². The predicted molar refractivity (Wildman–Crippen MR) is 123 cm³/mol. The van der Waals surface area contributed by atoms with Crippen molar-refractivity contribution < 1.29 is 14.3 Å². The molecule has 1 aromatic heterocycles. The summed E-state index contributed by atoms with van der Waals surface area (Å²) in [6.45, 7) is 5.39. The van der Waals surface area contributed by atoms with Crippen LogP contribution in [0, 0.1) is 0 Å². The molecule has 1 aliphatic heterocycles. The number of ether oxygens (including phenoxy) is 1. The highest BCUT2D eigenvalue weighted by molar-refractivity contribution is 7.15. The highest BCUT2D eigenvalue weighted by Gasteiger charge is 2.39. The third-order valence-corrected chi connectivity index (χ3v) is 7.12. The molecule has 2 aliphatic rings. The number of unbranched alkanes of at least 4 members (excludes halogenated alkanes) is 3. The number of hydrogen-bond donors (Lipinski definition) is 0. The van der Waals surface area contributed by atoms with Crippen LogP contribution in [0.5, 0.6) is 0 Å². The van der Waals surface area contributed by atoms with Gasteiger partial charge in [0, 0.05) is 31.8 Å². The molecule has 1 aliphatic carbocycles. The minimum atomic E-state index is -0.599. The topological polar surface area (TPSA) is 75.6 Å². The van der Waals surface area contributed by atoms with Gasteiger partial charge in [0.15, 0.2) is 6.23 Å². The largest absolute Gasteiger partial charge is 0.441 e. The zero-order valence-corrected chi connectivity index (χ0v) is 19.7. The summed E-state index contributed by atoms with van der Waals surface area (Å²) in [5, 5.41) is 10.3. The second-order valence-electron chi connectivity index (χ2n) is 8.45. The summed E-state index contributed by atoms with van der Waals surface area (Å²) >= 11 is 1.48. The molecule has 1 atom stereocenters. The van der Waals surface area contributed by atoms with E-state index in [2.05, 4.69) is 23.2 Å². The number of carbonyl (C=O) groups excluding carboxylic acids is 2. The van der Waals surface area contributed by atoms with Gasteiger partial charge in [0.25, 0.3) is 0 Å². The number of hydrogen-bond acceptors (Lipinski definition) is 6. The summed E-state index contributed by atoms with van der Waals surface area (Å²) in [5.74, 6) is 0.205. The van der Waals surface area contributed by atoms with E-state index < -0.39 is 6.23 Å². The van der Waals surface area contributed by atoms with Crippen molar-refractivity contribution in [2.24, 2.45) is 0 Å². The van der Waals surface area contributed by atoms with Gasteiger partial charge in [-0.15, -0.1) is 10.2 Å². The number of carbonyl (C=O) groups is 2. The van der Waals surface area contributed by atoms with Crippen LogP contribution in [0.25, 0.3) is 0 Å². The zero-order valence-electron chi connectivity index (χ0n) is 18.9. The molecule has 1 saturated carbocycles. The number of anilines is 1. The minimum Gasteiger partial charge on any atom is -0.441 e. The average Bonchev–Trinajstić information content (AvgIpc) is 3.45. The maximum Gasteiger partial charge on any atom is 0.329 e. The van der Waals surface area contributed by atoms with E-state index in [0.717, 1.165) is 50.0 Å². The van der Waals surface area contributed by atoms with Gasteiger partial charge in [-0.25, -0.2) is 9.69 Å². The Morgan fingerprint density at radius 3 is 2.74 bits per heavy atom. The highest BCUT2D eigenvalue weighted by atomic mass is 32.1. The molecule has 172 valence electrons. The average molecular weight is 449 g/mol. The van der Waals surface area contributed by atoms with Crippen molar-refractivity contribution in [2.45, 2.75) is 96.6 Å². The number of esters is 1. The Morgan fingerprint density at radius 2 is 2.00 bits per heavy atom. The zero-order chi connectivity index (χ0) is 22.1. The number of aromatic nitrogens is 2. The standard InChI is InChI=1S/C23H36N4O3S/c1-3-5-7-11-16-26-17-15-19(30-20(28)14-8-6-4-2)27(23(26)29)22-25-24-21(31-22)18-12-9-10-13-18/h3,5,18-19H,4,6-17H2,1-2H3/b5-3+. The molecular formula is C23H36N4O3S. The minimum absolute atomic E-state index is 0.132. The number of amides is 2. The fraction of sp³-hybridized carbons (Fsp3) is 0.739. The lowest BCUT2D eigenvalue weighted by atomic mass is 10.1.